The van der Waals surface area contributed by atoms with E-state index in [2.05, 4.69) is 12.1 Å². The molecular formula is C17H22O. The number of hydrogen-bond donors (Lipinski definition) is 0. The molecule has 18 heavy (non-hydrogen) atoms. The number of ketones is 1. The van der Waals surface area contributed by atoms with Crippen LogP contribution in [-0.4, -0.2) is 5.78 Å². The molecule has 0 aliphatic heterocycles. The molecule has 0 radical (unpaired) electrons. The van der Waals surface area contributed by atoms with Crippen LogP contribution >= 0.6 is 0 Å². The molecule has 0 amide bonds. The van der Waals surface area contributed by atoms with Crippen LogP contribution in [-0.2, 0) is 0 Å². The van der Waals surface area contributed by atoms with Gasteiger partial charge in [-0.25, -0.2) is 0 Å². The number of hydrogen-bond acceptors (Lipinski definition) is 1. The zero-order valence-corrected chi connectivity index (χ0v) is 11.0. The largest absolute Gasteiger partial charge is 0.294 e. The Morgan fingerprint density at radius 2 is 1.72 bits per heavy atom. The van der Waals surface area contributed by atoms with Gasteiger partial charge in [0.05, 0.1) is 0 Å². The molecule has 1 heteroatoms. The van der Waals surface area contributed by atoms with E-state index in [0.717, 1.165) is 12.0 Å². The molecule has 2 aliphatic carbocycles. The van der Waals surface area contributed by atoms with Gasteiger partial charge >= 0.3 is 0 Å². The van der Waals surface area contributed by atoms with Crippen molar-refractivity contribution in [1.82, 2.24) is 0 Å². The monoisotopic (exact) mass is 242 g/mol. The van der Waals surface area contributed by atoms with Crippen LogP contribution < -0.4 is 0 Å². The molecule has 0 bridgehead atoms. The first-order valence-electron chi connectivity index (χ1n) is 7.46. The summed E-state index contributed by atoms with van der Waals surface area (Å²) in [5.41, 5.74) is 2.35. The van der Waals surface area contributed by atoms with Gasteiger partial charge in [0, 0.05) is 12.0 Å². The highest BCUT2D eigenvalue weighted by atomic mass is 16.1. The van der Waals surface area contributed by atoms with E-state index < -0.39 is 0 Å². The van der Waals surface area contributed by atoms with E-state index in [4.69, 9.17) is 0 Å². The Labute approximate surface area is 110 Å². The molecule has 1 nitrogen and oxygen atoms in total. The minimum absolute atomic E-state index is 0.393. The van der Waals surface area contributed by atoms with Crippen LogP contribution in [0, 0.1) is 5.92 Å². The van der Waals surface area contributed by atoms with Crippen LogP contribution in [0.15, 0.2) is 24.3 Å². The lowest BCUT2D eigenvalue weighted by atomic mass is 9.77. The lowest BCUT2D eigenvalue weighted by molar-refractivity contribution is 0.0960. The zero-order chi connectivity index (χ0) is 12.4. The lowest BCUT2D eigenvalue weighted by Gasteiger charge is -2.27. The first kappa shape index (κ1) is 12.0. The normalized spacial score (nSPS) is 20.9. The third-order valence-electron chi connectivity index (χ3n) is 4.76. The maximum atomic E-state index is 12.5. The lowest BCUT2D eigenvalue weighted by Crippen LogP contribution is -2.15. The van der Waals surface area contributed by atoms with Gasteiger partial charge in [-0.2, -0.15) is 0 Å². The van der Waals surface area contributed by atoms with Gasteiger partial charge in [-0.1, -0.05) is 56.4 Å². The molecule has 0 unspecified atom stereocenters. The van der Waals surface area contributed by atoms with Crippen molar-refractivity contribution in [3.63, 3.8) is 0 Å². The SMILES string of the molecule is O=C(CC1CCCC1)c1ccccc1C1CCC1. The summed E-state index contributed by atoms with van der Waals surface area (Å²) in [5.74, 6) is 1.71. The van der Waals surface area contributed by atoms with Gasteiger partial charge < -0.3 is 0 Å². The fourth-order valence-electron chi connectivity index (χ4n) is 3.41. The minimum atomic E-state index is 0.393. The summed E-state index contributed by atoms with van der Waals surface area (Å²) in [6.07, 6.45) is 9.82. The average Bonchev–Trinajstić information content (AvgIpc) is 2.80. The minimum Gasteiger partial charge on any atom is -0.294 e. The highest BCUT2D eigenvalue weighted by Gasteiger charge is 2.25. The van der Waals surface area contributed by atoms with Gasteiger partial charge in [0.2, 0.25) is 0 Å². The average molecular weight is 242 g/mol. The summed E-state index contributed by atoms with van der Waals surface area (Å²) >= 11 is 0. The summed E-state index contributed by atoms with van der Waals surface area (Å²) < 4.78 is 0. The predicted molar refractivity (Wildman–Crippen MR) is 73.9 cm³/mol. The molecular weight excluding hydrogens is 220 g/mol. The molecule has 0 N–H and O–H groups in total. The summed E-state index contributed by atoms with van der Waals surface area (Å²) in [6, 6.07) is 8.32. The number of benzene rings is 1. The molecule has 0 atom stereocenters. The predicted octanol–water partition coefficient (Wildman–Crippen LogP) is 4.72. The molecule has 0 spiro atoms. The zero-order valence-electron chi connectivity index (χ0n) is 11.0. The quantitative estimate of drug-likeness (QED) is 0.698. The van der Waals surface area contributed by atoms with Crippen molar-refractivity contribution < 1.29 is 4.79 Å². The van der Waals surface area contributed by atoms with E-state index in [1.165, 1.54) is 50.5 Å². The molecule has 0 heterocycles. The van der Waals surface area contributed by atoms with Crippen molar-refractivity contribution in [2.45, 2.75) is 57.3 Å². The fraction of sp³-hybridized carbons (Fsp3) is 0.588. The Morgan fingerprint density at radius 3 is 2.39 bits per heavy atom. The van der Waals surface area contributed by atoms with E-state index in [-0.39, 0.29) is 0 Å². The van der Waals surface area contributed by atoms with Gasteiger partial charge in [-0.3, -0.25) is 4.79 Å². The molecule has 1 aromatic rings. The summed E-state index contributed by atoms with van der Waals surface area (Å²) in [6.45, 7) is 0. The van der Waals surface area contributed by atoms with Gasteiger partial charge in [0.15, 0.2) is 5.78 Å². The van der Waals surface area contributed by atoms with Crippen molar-refractivity contribution in [3.8, 4) is 0 Å². The third-order valence-corrected chi connectivity index (χ3v) is 4.76. The van der Waals surface area contributed by atoms with Crippen LogP contribution in [0.5, 0.6) is 0 Å². The van der Waals surface area contributed by atoms with E-state index in [1.807, 2.05) is 12.1 Å². The van der Waals surface area contributed by atoms with Crippen molar-refractivity contribution >= 4 is 5.78 Å². The van der Waals surface area contributed by atoms with Crippen molar-refractivity contribution in [1.29, 1.82) is 0 Å². The van der Waals surface area contributed by atoms with Gasteiger partial charge in [-0.15, -0.1) is 0 Å². The van der Waals surface area contributed by atoms with Crippen LogP contribution in [0.4, 0.5) is 0 Å². The van der Waals surface area contributed by atoms with Gasteiger partial charge in [0.1, 0.15) is 0 Å². The highest BCUT2D eigenvalue weighted by molar-refractivity contribution is 5.97. The smallest absolute Gasteiger partial charge is 0.163 e. The number of carbonyl (C=O) groups excluding carboxylic acids is 1. The summed E-state index contributed by atoms with van der Waals surface area (Å²) in [5, 5.41) is 0. The Morgan fingerprint density at radius 1 is 1.00 bits per heavy atom. The summed E-state index contributed by atoms with van der Waals surface area (Å²) in [4.78, 5) is 12.5. The Bertz CT molecular complexity index is 425. The van der Waals surface area contributed by atoms with Crippen LogP contribution in [0.2, 0.25) is 0 Å². The molecule has 2 aliphatic rings. The number of carbonyl (C=O) groups is 1. The molecule has 0 saturated heterocycles. The van der Waals surface area contributed by atoms with Gasteiger partial charge in [-0.05, 0) is 30.2 Å². The Balaban J connectivity index is 1.75. The molecule has 0 aromatic heterocycles. The van der Waals surface area contributed by atoms with Gasteiger partial charge in [0.25, 0.3) is 0 Å². The molecule has 1 aromatic carbocycles. The molecule has 2 saturated carbocycles. The van der Waals surface area contributed by atoms with Crippen molar-refractivity contribution in [2.75, 3.05) is 0 Å². The summed E-state index contributed by atoms with van der Waals surface area (Å²) in [7, 11) is 0. The maximum Gasteiger partial charge on any atom is 0.163 e. The first-order chi connectivity index (χ1) is 8.84. The standard InChI is InChI=1S/C17H22O/c18-17(12-13-6-1-2-7-13)16-11-4-3-10-15(16)14-8-5-9-14/h3-4,10-11,13-14H,1-2,5-9,12H2. The molecule has 96 valence electrons. The second kappa shape index (κ2) is 5.26. The molecule has 2 fully saturated rings. The molecule has 3 rings (SSSR count). The van der Waals surface area contributed by atoms with E-state index in [9.17, 15) is 4.79 Å². The topological polar surface area (TPSA) is 17.1 Å². The first-order valence-corrected chi connectivity index (χ1v) is 7.46. The fourth-order valence-corrected chi connectivity index (χ4v) is 3.41. The van der Waals surface area contributed by atoms with Crippen molar-refractivity contribution in [2.24, 2.45) is 5.92 Å². The van der Waals surface area contributed by atoms with Crippen LogP contribution in [0.3, 0.4) is 0 Å². The van der Waals surface area contributed by atoms with Crippen LogP contribution in [0.1, 0.15) is 73.2 Å². The Hall–Kier alpha value is -1.11. The second-order valence-electron chi connectivity index (χ2n) is 5.99. The van der Waals surface area contributed by atoms with Crippen molar-refractivity contribution in [3.05, 3.63) is 35.4 Å². The second-order valence-corrected chi connectivity index (χ2v) is 5.99. The number of rotatable bonds is 4. The van der Waals surface area contributed by atoms with E-state index in [1.54, 1.807) is 0 Å². The number of Topliss-reactive ketones (excluding diaryl/α,β-unsaturated/α-hetero) is 1. The Kier molecular flexibility index (Phi) is 3.49. The van der Waals surface area contributed by atoms with E-state index >= 15 is 0 Å². The van der Waals surface area contributed by atoms with Crippen LogP contribution in [0.25, 0.3) is 0 Å². The maximum absolute atomic E-state index is 12.5. The highest BCUT2D eigenvalue weighted by Crippen LogP contribution is 2.38. The third kappa shape index (κ3) is 2.36. The van der Waals surface area contributed by atoms with E-state index in [0.29, 0.717) is 17.6 Å².